The Morgan fingerprint density at radius 2 is 1.87 bits per heavy atom. The number of carbonyl (C=O) groups excluding carboxylic acids is 1. The van der Waals surface area contributed by atoms with Gasteiger partial charge >= 0.3 is 6.01 Å². The monoisotopic (exact) mass is 413 g/mol. The van der Waals surface area contributed by atoms with Gasteiger partial charge in [0.2, 0.25) is 5.91 Å². The van der Waals surface area contributed by atoms with Crippen LogP contribution in [0.15, 0.2) is 40.8 Å². The van der Waals surface area contributed by atoms with Gasteiger partial charge in [-0.05, 0) is 48.4 Å². The van der Waals surface area contributed by atoms with Gasteiger partial charge < -0.3 is 20.0 Å². The van der Waals surface area contributed by atoms with E-state index in [1.807, 2.05) is 0 Å². The zero-order valence-corrected chi connectivity index (χ0v) is 15.3. The number of H-pyrrole nitrogens is 1. The Balaban J connectivity index is 1.64. The maximum absolute atomic E-state index is 14.4. The first-order valence-corrected chi connectivity index (χ1v) is 9.15. The molecule has 0 bridgehead atoms. The average molecular weight is 413 g/mol. The molecular formula is C20H14F3N5O2. The van der Waals surface area contributed by atoms with Crippen molar-refractivity contribution in [3.8, 4) is 22.7 Å². The molecular weight excluding hydrogens is 399 g/mol. The molecule has 5 rings (SSSR count). The second kappa shape index (κ2) is 6.90. The summed E-state index contributed by atoms with van der Waals surface area (Å²) in [6.07, 6.45) is 0.564. The van der Waals surface area contributed by atoms with Crippen molar-refractivity contribution in [1.29, 1.82) is 0 Å². The Morgan fingerprint density at radius 1 is 1.07 bits per heavy atom. The molecule has 4 aromatic rings. The summed E-state index contributed by atoms with van der Waals surface area (Å²) in [7, 11) is 0. The highest BCUT2D eigenvalue weighted by Crippen LogP contribution is 2.39. The molecule has 0 unspecified atom stereocenters. The largest absolute Gasteiger partial charge is 0.403 e. The molecule has 10 heteroatoms. The van der Waals surface area contributed by atoms with Crippen LogP contribution in [0.25, 0.3) is 33.6 Å². The van der Waals surface area contributed by atoms with E-state index < -0.39 is 23.5 Å². The van der Waals surface area contributed by atoms with E-state index in [-0.39, 0.29) is 23.3 Å². The number of hydrogen-bond donors (Lipinski definition) is 3. The second-order valence-electron chi connectivity index (χ2n) is 6.85. The fourth-order valence-electron chi connectivity index (χ4n) is 3.52. The van der Waals surface area contributed by atoms with Crippen LogP contribution in [-0.4, -0.2) is 33.7 Å². The lowest BCUT2D eigenvalue weighted by Gasteiger charge is -2.05. The first kappa shape index (κ1) is 18.2. The Hall–Kier alpha value is -3.82. The molecule has 0 aliphatic carbocycles. The number of hydrogen-bond acceptors (Lipinski definition) is 5. The maximum Gasteiger partial charge on any atom is 0.316 e. The molecule has 0 saturated carbocycles. The topological polar surface area (TPSA) is 95.8 Å². The molecule has 1 aliphatic rings. The molecule has 0 radical (unpaired) electrons. The second-order valence-corrected chi connectivity index (χ2v) is 6.85. The highest BCUT2D eigenvalue weighted by atomic mass is 19.2. The van der Waals surface area contributed by atoms with Crippen LogP contribution in [0.1, 0.15) is 6.42 Å². The zero-order chi connectivity index (χ0) is 20.8. The van der Waals surface area contributed by atoms with Gasteiger partial charge in [-0.2, -0.15) is 0 Å². The minimum atomic E-state index is -1.05. The van der Waals surface area contributed by atoms with E-state index in [1.54, 1.807) is 0 Å². The van der Waals surface area contributed by atoms with E-state index in [9.17, 15) is 18.0 Å². The minimum Gasteiger partial charge on any atom is -0.403 e. The van der Waals surface area contributed by atoms with Crippen LogP contribution in [-0.2, 0) is 4.79 Å². The van der Waals surface area contributed by atoms with Gasteiger partial charge in [-0.25, -0.2) is 13.2 Å². The number of aromatic amines is 1. The Kier molecular flexibility index (Phi) is 4.19. The summed E-state index contributed by atoms with van der Waals surface area (Å²) < 4.78 is 47.2. The molecule has 1 amide bonds. The minimum absolute atomic E-state index is 0.0223. The van der Waals surface area contributed by atoms with Crippen molar-refractivity contribution in [1.82, 2.24) is 20.5 Å². The van der Waals surface area contributed by atoms with Gasteiger partial charge in [0.05, 0.1) is 16.8 Å². The van der Waals surface area contributed by atoms with Gasteiger partial charge in [0.25, 0.3) is 5.89 Å². The lowest BCUT2D eigenvalue weighted by Crippen LogP contribution is -2.29. The van der Waals surface area contributed by atoms with Crippen molar-refractivity contribution in [2.45, 2.75) is 12.5 Å². The van der Waals surface area contributed by atoms with Crippen LogP contribution >= 0.6 is 0 Å². The summed E-state index contributed by atoms with van der Waals surface area (Å²) in [5.41, 5.74) is 1.15. The number of aromatic nitrogens is 3. The molecule has 1 saturated heterocycles. The average Bonchev–Trinajstić information content (AvgIpc) is 3.45. The van der Waals surface area contributed by atoms with Crippen molar-refractivity contribution in [2.75, 3.05) is 11.9 Å². The maximum atomic E-state index is 14.4. The molecule has 1 fully saturated rings. The SMILES string of the molecule is O=C1NCC[C@@H]1Nc1nnc(-c2c(-c3ccc(F)cc3)[nH]c3c(F)c(F)ccc23)o1. The summed E-state index contributed by atoms with van der Waals surface area (Å²) in [6, 6.07) is 7.42. The van der Waals surface area contributed by atoms with Gasteiger partial charge in [0.1, 0.15) is 11.9 Å². The number of nitrogens with one attached hydrogen (secondary N) is 3. The molecule has 152 valence electrons. The van der Waals surface area contributed by atoms with Gasteiger partial charge in [-0.15, -0.1) is 5.10 Å². The van der Waals surface area contributed by atoms with Gasteiger partial charge in [0.15, 0.2) is 11.6 Å². The third-order valence-electron chi connectivity index (χ3n) is 4.98. The summed E-state index contributed by atoms with van der Waals surface area (Å²) in [4.78, 5) is 14.6. The first-order valence-electron chi connectivity index (χ1n) is 9.15. The third kappa shape index (κ3) is 2.97. The molecule has 1 atom stereocenters. The smallest absolute Gasteiger partial charge is 0.316 e. The van der Waals surface area contributed by atoms with E-state index in [0.717, 1.165) is 6.07 Å². The molecule has 1 aliphatic heterocycles. The van der Waals surface area contributed by atoms with Gasteiger partial charge in [0, 0.05) is 11.9 Å². The van der Waals surface area contributed by atoms with Crippen LogP contribution in [0, 0.1) is 17.5 Å². The van der Waals surface area contributed by atoms with Crippen LogP contribution in [0.4, 0.5) is 19.2 Å². The molecule has 3 heterocycles. The highest BCUT2D eigenvalue weighted by molar-refractivity contribution is 6.02. The normalized spacial score (nSPS) is 16.2. The van der Waals surface area contributed by atoms with E-state index in [0.29, 0.717) is 35.2 Å². The number of halogens is 3. The number of fused-ring (bicyclic) bond motifs is 1. The summed E-state index contributed by atoms with van der Waals surface area (Å²) in [5, 5.41) is 13.8. The van der Waals surface area contributed by atoms with Crippen molar-refractivity contribution in [3.05, 3.63) is 53.8 Å². The number of nitrogens with zero attached hydrogens (tertiary/aromatic N) is 2. The zero-order valence-electron chi connectivity index (χ0n) is 15.3. The third-order valence-corrected chi connectivity index (χ3v) is 4.98. The highest BCUT2D eigenvalue weighted by Gasteiger charge is 2.27. The number of anilines is 1. The molecule has 30 heavy (non-hydrogen) atoms. The van der Waals surface area contributed by atoms with E-state index >= 15 is 0 Å². The number of rotatable bonds is 4. The standard InChI is InChI=1S/C20H14F3N5O2/c21-10-3-1-9(2-4-10)16-14(11-5-6-12(22)15(23)17(11)26-16)19-27-28-20(30-19)25-13-7-8-24-18(13)29/h1-6,13,26H,7-8H2,(H,24,29)(H,25,28)/t13-/m0/s1. The molecule has 7 nitrogen and oxygen atoms in total. The van der Waals surface area contributed by atoms with Crippen molar-refractivity contribution < 1.29 is 22.4 Å². The van der Waals surface area contributed by atoms with E-state index in [1.165, 1.54) is 30.3 Å². The van der Waals surface area contributed by atoms with Crippen molar-refractivity contribution in [2.24, 2.45) is 0 Å². The lowest BCUT2D eigenvalue weighted by molar-refractivity contribution is -0.119. The summed E-state index contributed by atoms with van der Waals surface area (Å²) in [5.74, 6) is -2.64. The Bertz CT molecular complexity index is 1270. The van der Waals surface area contributed by atoms with E-state index in [2.05, 4.69) is 25.8 Å². The Morgan fingerprint density at radius 3 is 2.60 bits per heavy atom. The first-order chi connectivity index (χ1) is 14.5. The fraction of sp³-hybridized carbons (Fsp3) is 0.150. The fourth-order valence-corrected chi connectivity index (χ4v) is 3.52. The summed E-state index contributed by atoms with van der Waals surface area (Å²) >= 11 is 0. The van der Waals surface area contributed by atoms with Crippen LogP contribution in [0.2, 0.25) is 0 Å². The predicted molar refractivity (Wildman–Crippen MR) is 102 cm³/mol. The number of carbonyl (C=O) groups is 1. The van der Waals surface area contributed by atoms with Crippen LogP contribution < -0.4 is 10.6 Å². The Labute approximate surface area is 167 Å². The molecule has 2 aromatic carbocycles. The summed E-state index contributed by atoms with van der Waals surface area (Å²) in [6.45, 7) is 0.541. The van der Waals surface area contributed by atoms with Gasteiger partial charge in [-0.1, -0.05) is 5.10 Å². The molecule has 0 spiro atoms. The molecule has 2 aromatic heterocycles. The van der Waals surface area contributed by atoms with Crippen molar-refractivity contribution >= 4 is 22.8 Å². The van der Waals surface area contributed by atoms with Gasteiger partial charge in [-0.3, -0.25) is 4.79 Å². The predicted octanol–water partition coefficient (Wildman–Crippen LogP) is 3.60. The van der Waals surface area contributed by atoms with Crippen molar-refractivity contribution in [3.63, 3.8) is 0 Å². The number of amides is 1. The van der Waals surface area contributed by atoms with E-state index in [4.69, 9.17) is 4.42 Å². The molecule has 3 N–H and O–H groups in total. The number of benzene rings is 2. The quantitative estimate of drug-likeness (QED) is 0.475. The van der Waals surface area contributed by atoms with Crippen LogP contribution in [0.5, 0.6) is 0 Å². The lowest BCUT2D eigenvalue weighted by atomic mass is 10.0. The van der Waals surface area contributed by atoms with Crippen LogP contribution in [0.3, 0.4) is 0 Å².